The van der Waals surface area contributed by atoms with E-state index >= 15 is 0 Å². The van der Waals surface area contributed by atoms with Crippen molar-refractivity contribution in [3.63, 3.8) is 0 Å². The molecule has 0 saturated carbocycles. The Balaban J connectivity index is 1.19. The lowest BCUT2D eigenvalue weighted by molar-refractivity contribution is 0.241. The van der Waals surface area contributed by atoms with Crippen molar-refractivity contribution in [3.8, 4) is 21.1 Å². The van der Waals surface area contributed by atoms with Gasteiger partial charge in [-0.2, -0.15) is 0 Å². The van der Waals surface area contributed by atoms with Gasteiger partial charge in [-0.25, -0.2) is 9.37 Å². The van der Waals surface area contributed by atoms with Gasteiger partial charge in [-0.3, -0.25) is 4.90 Å². The molecule has 4 aromatic rings. The number of nitrogens with zero attached hydrogens (tertiary/aromatic N) is 2. The zero-order valence-electron chi connectivity index (χ0n) is 17.3. The summed E-state index contributed by atoms with van der Waals surface area (Å²) >= 11 is 1.69. The van der Waals surface area contributed by atoms with E-state index in [0.717, 1.165) is 67.5 Å². The van der Waals surface area contributed by atoms with Crippen molar-refractivity contribution in [2.75, 3.05) is 39.3 Å². The minimum absolute atomic E-state index is 0.257. The van der Waals surface area contributed by atoms with E-state index in [1.165, 1.54) is 28.1 Å². The molecule has 0 radical (unpaired) electrons. The van der Waals surface area contributed by atoms with Gasteiger partial charge in [0.05, 0.1) is 15.9 Å². The van der Waals surface area contributed by atoms with E-state index < -0.39 is 0 Å². The van der Waals surface area contributed by atoms with Gasteiger partial charge in [-0.1, -0.05) is 24.3 Å². The quantitative estimate of drug-likeness (QED) is 0.383. The van der Waals surface area contributed by atoms with Crippen molar-refractivity contribution in [2.45, 2.75) is 6.54 Å². The first-order chi connectivity index (χ1) is 15.2. The van der Waals surface area contributed by atoms with E-state index in [1.807, 2.05) is 0 Å². The van der Waals surface area contributed by atoms with Crippen LogP contribution in [0.25, 0.3) is 32.2 Å². The molecule has 0 atom stereocenters. The predicted molar refractivity (Wildman–Crippen MR) is 126 cm³/mol. The highest BCUT2D eigenvalue weighted by Gasteiger charge is 2.11. The van der Waals surface area contributed by atoms with Gasteiger partial charge >= 0.3 is 0 Å². The number of H-pyrrole nitrogens is 1. The summed E-state index contributed by atoms with van der Waals surface area (Å²) in [6.07, 6.45) is 0. The highest BCUT2D eigenvalue weighted by molar-refractivity contribution is 7.18. The van der Waals surface area contributed by atoms with Crippen LogP contribution in [0.15, 0.2) is 54.6 Å². The second-order valence-electron chi connectivity index (χ2n) is 7.88. The van der Waals surface area contributed by atoms with Gasteiger partial charge in [0.1, 0.15) is 11.6 Å². The number of thiophene rings is 1. The van der Waals surface area contributed by atoms with Crippen molar-refractivity contribution in [3.05, 3.63) is 66.0 Å². The minimum atomic E-state index is -0.257. The first-order valence-electron chi connectivity index (χ1n) is 10.7. The lowest BCUT2D eigenvalue weighted by Gasteiger charge is -2.27. The van der Waals surface area contributed by atoms with E-state index in [1.54, 1.807) is 17.4 Å². The lowest BCUT2D eigenvalue weighted by Crippen LogP contribution is -2.45. The molecule has 160 valence electrons. The van der Waals surface area contributed by atoms with Gasteiger partial charge in [0.2, 0.25) is 0 Å². The summed E-state index contributed by atoms with van der Waals surface area (Å²) in [7, 11) is 0. The molecule has 0 amide bonds. The SMILES string of the molecule is Fc1ccc2nc(-c3ccc(-c4ccc(CNCCN5CCNCC5)cc4)s3)[nH]c2c1. The largest absolute Gasteiger partial charge is 0.337 e. The number of halogens is 1. The number of fused-ring (bicyclic) bond motifs is 1. The molecule has 31 heavy (non-hydrogen) atoms. The van der Waals surface area contributed by atoms with E-state index in [4.69, 9.17) is 0 Å². The van der Waals surface area contributed by atoms with Crippen molar-refractivity contribution in [1.29, 1.82) is 0 Å². The van der Waals surface area contributed by atoms with E-state index in [2.05, 4.69) is 61.9 Å². The highest BCUT2D eigenvalue weighted by atomic mass is 32.1. The molecule has 2 aromatic carbocycles. The molecule has 3 N–H and O–H groups in total. The second-order valence-corrected chi connectivity index (χ2v) is 8.96. The van der Waals surface area contributed by atoms with Gasteiger partial charge in [-0.05, 0) is 41.5 Å². The molecule has 2 aromatic heterocycles. The Labute approximate surface area is 185 Å². The topological polar surface area (TPSA) is 56.0 Å². The van der Waals surface area contributed by atoms with Gasteiger partial charge in [0.25, 0.3) is 0 Å². The van der Waals surface area contributed by atoms with Crippen LogP contribution in [0.5, 0.6) is 0 Å². The zero-order chi connectivity index (χ0) is 21.0. The number of aromatic nitrogens is 2. The smallest absolute Gasteiger partial charge is 0.148 e. The minimum Gasteiger partial charge on any atom is -0.337 e. The van der Waals surface area contributed by atoms with Crippen LogP contribution in [-0.4, -0.2) is 54.1 Å². The maximum absolute atomic E-state index is 13.4. The molecule has 5 rings (SSSR count). The van der Waals surface area contributed by atoms with Crippen molar-refractivity contribution < 1.29 is 4.39 Å². The summed E-state index contributed by atoms with van der Waals surface area (Å²) in [6, 6.07) is 17.6. The van der Waals surface area contributed by atoms with Gasteiger partial charge in [0.15, 0.2) is 0 Å². The third-order valence-electron chi connectivity index (χ3n) is 5.67. The molecule has 0 bridgehead atoms. The second kappa shape index (κ2) is 9.28. The summed E-state index contributed by atoms with van der Waals surface area (Å²) in [4.78, 5) is 12.6. The third kappa shape index (κ3) is 4.85. The number of hydrogen-bond donors (Lipinski definition) is 3. The molecule has 0 unspecified atom stereocenters. The first-order valence-corrected chi connectivity index (χ1v) is 11.5. The Morgan fingerprint density at radius 2 is 1.81 bits per heavy atom. The molecule has 5 nitrogen and oxygen atoms in total. The predicted octanol–water partition coefficient (Wildman–Crippen LogP) is 4.09. The summed E-state index contributed by atoms with van der Waals surface area (Å²) in [5.41, 5.74) is 3.99. The molecule has 7 heteroatoms. The highest BCUT2D eigenvalue weighted by Crippen LogP contribution is 2.34. The average Bonchev–Trinajstić information content (AvgIpc) is 3.45. The molecule has 0 aliphatic carbocycles. The first kappa shape index (κ1) is 20.3. The maximum atomic E-state index is 13.4. The summed E-state index contributed by atoms with van der Waals surface area (Å²) < 4.78 is 13.4. The average molecular weight is 436 g/mol. The number of imidazole rings is 1. The molecule has 1 aliphatic rings. The monoisotopic (exact) mass is 435 g/mol. The van der Waals surface area contributed by atoms with Crippen molar-refractivity contribution >= 4 is 22.4 Å². The summed E-state index contributed by atoms with van der Waals surface area (Å²) in [6.45, 7) is 7.48. The zero-order valence-corrected chi connectivity index (χ0v) is 18.1. The molecule has 1 saturated heterocycles. The van der Waals surface area contributed by atoms with Crippen molar-refractivity contribution in [2.24, 2.45) is 0 Å². The summed E-state index contributed by atoms with van der Waals surface area (Å²) in [5, 5.41) is 6.94. The van der Waals surface area contributed by atoms with E-state index in [0.29, 0.717) is 0 Å². The fourth-order valence-electron chi connectivity index (χ4n) is 3.91. The Bertz CT molecular complexity index is 1140. The van der Waals surface area contributed by atoms with Crippen LogP contribution in [-0.2, 0) is 6.54 Å². The van der Waals surface area contributed by atoms with Crippen molar-refractivity contribution in [1.82, 2.24) is 25.5 Å². The van der Waals surface area contributed by atoms with Crippen LogP contribution < -0.4 is 10.6 Å². The van der Waals surface area contributed by atoms with Crippen LogP contribution in [0.3, 0.4) is 0 Å². The number of aromatic amines is 1. The molecule has 1 aliphatic heterocycles. The standard InChI is InChI=1S/C24H26FN5S/c25-19-5-6-20-21(15-19)29-24(28-20)23-8-7-22(31-23)18-3-1-17(2-4-18)16-27-11-14-30-12-9-26-10-13-30/h1-8,15,26-27H,9-14,16H2,(H,28,29). The maximum Gasteiger partial charge on any atom is 0.148 e. The lowest BCUT2D eigenvalue weighted by atomic mass is 10.1. The van der Waals surface area contributed by atoms with E-state index in [9.17, 15) is 4.39 Å². The Kier molecular flexibility index (Phi) is 6.08. The fraction of sp³-hybridized carbons (Fsp3) is 0.292. The Morgan fingerprint density at radius 1 is 1.00 bits per heavy atom. The molecule has 0 spiro atoms. The number of nitrogens with one attached hydrogen (secondary N) is 3. The van der Waals surface area contributed by atoms with Crippen LogP contribution in [0.4, 0.5) is 4.39 Å². The molecule has 3 heterocycles. The van der Waals surface area contributed by atoms with Gasteiger partial charge in [-0.15, -0.1) is 11.3 Å². The number of benzene rings is 2. The Hall–Kier alpha value is -2.58. The van der Waals surface area contributed by atoms with Crippen LogP contribution >= 0.6 is 11.3 Å². The van der Waals surface area contributed by atoms with Gasteiger partial charge < -0.3 is 15.6 Å². The molecular weight excluding hydrogens is 409 g/mol. The van der Waals surface area contributed by atoms with Crippen LogP contribution in [0, 0.1) is 5.82 Å². The molecular formula is C24H26FN5S. The molecule has 1 fully saturated rings. The van der Waals surface area contributed by atoms with Gasteiger partial charge in [0, 0.05) is 50.7 Å². The summed E-state index contributed by atoms with van der Waals surface area (Å²) in [5.74, 6) is 0.523. The van der Waals surface area contributed by atoms with E-state index in [-0.39, 0.29) is 5.82 Å². The van der Waals surface area contributed by atoms with Crippen LogP contribution in [0.1, 0.15) is 5.56 Å². The fourth-order valence-corrected chi connectivity index (χ4v) is 4.87. The normalized spacial score (nSPS) is 15.0. The third-order valence-corrected chi connectivity index (χ3v) is 6.81. The Morgan fingerprint density at radius 3 is 2.65 bits per heavy atom. The van der Waals surface area contributed by atoms with Crippen LogP contribution in [0.2, 0.25) is 0 Å². The number of hydrogen-bond acceptors (Lipinski definition) is 5. The number of rotatable bonds is 7. The number of piperazine rings is 1.